The van der Waals surface area contributed by atoms with Crippen molar-refractivity contribution in [2.75, 3.05) is 26.6 Å². The number of hydrogen-bond acceptors (Lipinski definition) is 6. The molecule has 4 rings (SSSR count). The van der Waals surface area contributed by atoms with Crippen LogP contribution in [0.1, 0.15) is 35.7 Å². The predicted molar refractivity (Wildman–Crippen MR) is 128 cm³/mol. The Morgan fingerprint density at radius 2 is 1.61 bits per heavy atom. The fraction of sp³-hybridized carbons (Fsp3) is 0.231. The smallest absolute Gasteiger partial charge is 0.255 e. The molecular weight excluding hydrogens is 420 g/mol. The van der Waals surface area contributed by atoms with Gasteiger partial charge >= 0.3 is 0 Å². The summed E-state index contributed by atoms with van der Waals surface area (Å²) in [5.74, 6) is 2.09. The fourth-order valence-electron chi connectivity index (χ4n) is 3.54. The molecule has 0 aliphatic rings. The molecule has 170 valence electrons. The zero-order valence-electron chi connectivity index (χ0n) is 19.3. The summed E-state index contributed by atoms with van der Waals surface area (Å²) in [6.07, 6.45) is 0. The molecule has 1 aromatic heterocycles. The molecule has 33 heavy (non-hydrogen) atoms. The highest BCUT2D eigenvalue weighted by Crippen LogP contribution is 2.33. The number of oxazole rings is 1. The minimum atomic E-state index is -0.314. The second-order valence-corrected chi connectivity index (χ2v) is 7.84. The Hall–Kier alpha value is -4.00. The minimum absolute atomic E-state index is 0.314. The third kappa shape index (κ3) is 4.48. The zero-order chi connectivity index (χ0) is 23.5. The van der Waals surface area contributed by atoms with Gasteiger partial charge in [-0.1, -0.05) is 19.9 Å². The lowest BCUT2D eigenvalue weighted by molar-refractivity contribution is 0.102. The molecule has 0 bridgehead atoms. The average Bonchev–Trinajstić information content (AvgIpc) is 3.27. The number of nitrogens with one attached hydrogen (secondary N) is 1. The van der Waals surface area contributed by atoms with Crippen LogP contribution in [0.2, 0.25) is 0 Å². The maximum absolute atomic E-state index is 12.9. The fourth-order valence-corrected chi connectivity index (χ4v) is 3.54. The van der Waals surface area contributed by atoms with E-state index in [1.54, 1.807) is 44.6 Å². The molecule has 1 heterocycles. The molecule has 0 aliphatic heterocycles. The maximum Gasteiger partial charge on any atom is 0.255 e. The standard InChI is InChI=1S/C26H26N2O5/c1-15(2)16-6-10-22-20(12-16)28-26(33-22)18-8-9-21(30-3)19(13-18)27-25(29)17-7-11-23(31-4)24(14-17)32-5/h6-15H,1-5H3,(H,27,29). The summed E-state index contributed by atoms with van der Waals surface area (Å²) in [5.41, 5.74) is 4.34. The number of carbonyl (C=O) groups is 1. The lowest BCUT2D eigenvalue weighted by Crippen LogP contribution is -2.13. The Morgan fingerprint density at radius 1 is 0.879 bits per heavy atom. The summed E-state index contributed by atoms with van der Waals surface area (Å²) in [5, 5.41) is 2.90. The number of amides is 1. The summed E-state index contributed by atoms with van der Waals surface area (Å²) < 4.78 is 22.0. The van der Waals surface area contributed by atoms with Gasteiger partial charge in [-0.2, -0.15) is 0 Å². The molecule has 7 nitrogen and oxygen atoms in total. The SMILES string of the molecule is COc1ccc(-c2nc3cc(C(C)C)ccc3o2)cc1NC(=O)c1ccc(OC)c(OC)c1. The van der Waals surface area contributed by atoms with Crippen LogP contribution in [0.15, 0.2) is 59.0 Å². The molecular formula is C26H26N2O5. The molecule has 0 atom stereocenters. The first kappa shape index (κ1) is 22.2. The van der Waals surface area contributed by atoms with Crippen LogP contribution < -0.4 is 19.5 Å². The Labute approximate surface area is 192 Å². The number of fused-ring (bicyclic) bond motifs is 1. The van der Waals surface area contributed by atoms with Gasteiger partial charge in [0.25, 0.3) is 5.91 Å². The van der Waals surface area contributed by atoms with Crippen molar-refractivity contribution in [3.8, 4) is 28.7 Å². The van der Waals surface area contributed by atoms with Gasteiger partial charge in [-0.15, -0.1) is 0 Å². The van der Waals surface area contributed by atoms with Gasteiger partial charge in [0.15, 0.2) is 17.1 Å². The van der Waals surface area contributed by atoms with Crippen molar-refractivity contribution in [2.24, 2.45) is 0 Å². The van der Waals surface area contributed by atoms with Gasteiger partial charge in [-0.05, 0) is 60.0 Å². The molecule has 1 amide bonds. The molecule has 4 aromatic rings. The van der Waals surface area contributed by atoms with Crippen LogP contribution in [0.3, 0.4) is 0 Å². The quantitative estimate of drug-likeness (QED) is 0.381. The van der Waals surface area contributed by atoms with E-state index in [9.17, 15) is 4.79 Å². The van der Waals surface area contributed by atoms with E-state index in [1.807, 2.05) is 24.3 Å². The topological polar surface area (TPSA) is 82.8 Å². The maximum atomic E-state index is 12.9. The number of nitrogens with zero attached hydrogens (tertiary/aromatic N) is 1. The molecule has 0 spiro atoms. The van der Waals surface area contributed by atoms with E-state index in [0.717, 1.165) is 11.1 Å². The molecule has 7 heteroatoms. The molecule has 3 aromatic carbocycles. The number of carbonyl (C=O) groups excluding carboxylic acids is 1. The summed E-state index contributed by atoms with van der Waals surface area (Å²) in [4.78, 5) is 17.6. The Bertz CT molecular complexity index is 1310. The van der Waals surface area contributed by atoms with Gasteiger partial charge in [0.05, 0.1) is 27.0 Å². The van der Waals surface area contributed by atoms with E-state index < -0.39 is 0 Å². The number of hydrogen-bond donors (Lipinski definition) is 1. The molecule has 0 radical (unpaired) electrons. The summed E-state index contributed by atoms with van der Waals surface area (Å²) in [6.45, 7) is 4.28. The van der Waals surface area contributed by atoms with Crippen molar-refractivity contribution in [2.45, 2.75) is 19.8 Å². The Morgan fingerprint density at radius 3 is 2.30 bits per heavy atom. The van der Waals surface area contributed by atoms with Gasteiger partial charge in [-0.25, -0.2) is 4.98 Å². The highest BCUT2D eigenvalue weighted by atomic mass is 16.5. The van der Waals surface area contributed by atoms with Crippen LogP contribution in [-0.4, -0.2) is 32.2 Å². The first-order chi connectivity index (χ1) is 15.9. The highest BCUT2D eigenvalue weighted by Gasteiger charge is 2.16. The van der Waals surface area contributed by atoms with Gasteiger partial charge in [0.1, 0.15) is 11.3 Å². The summed E-state index contributed by atoms with van der Waals surface area (Å²) in [7, 11) is 4.62. The van der Waals surface area contributed by atoms with Crippen LogP contribution in [0.4, 0.5) is 5.69 Å². The first-order valence-electron chi connectivity index (χ1n) is 10.6. The first-order valence-corrected chi connectivity index (χ1v) is 10.6. The third-order valence-corrected chi connectivity index (χ3v) is 5.42. The van der Waals surface area contributed by atoms with Crippen molar-refractivity contribution in [1.82, 2.24) is 4.98 Å². The van der Waals surface area contributed by atoms with E-state index in [1.165, 1.54) is 12.7 Å². The second kappa shape index (κ2) is 9.24. The van der Waals surface area contributed by atoms with Crippen molar-refractivity contribution < 1.29 is 23.4 Å². The van der Waals surface area contributed by atoms with Crippen LogP contribution in [-0.2, 0) is 0 Å². The van der Waals surface area contributed by atoms with E-state index in [0.29, 0.717) is 45.9 Å². The molecule has 0 saturated heterocycles. The molecule has 0 fully saturated rings. The predicted octanol–water partition coefficient (Wildman–Crippen LogP) is 5.90. The van der Waals surface area contributed by atoms with Crippen molar-refractivity contribution >= 4 is 22.7 Å². The average molecular weight is 447 g/mol. The number of benzene rings is 3. The second-order valence-electron chi connectivity index (χ2n) is 7.84. The van der Waals surface area contributed by atoms with Crippen molar-refractivity contribution in [3.05, 3.63) is 65.7 Å². The lowest BCUT2D eigenvalue weighted by Gasteiger charge is -2.13. The van der Waals surface area contributed by atoms with Gasteiger partial charge < -0.3 is 23.9 Å². The normalized spacial score (nSPS) is 11.0. The van der Waals surface area contributed by atoms with Gasteiger partial charge in [-0.3, -0.25) is 4.79 Å². The van der Waals surface area contributed by atoms with Gasteiger partial charge in [0.2, 0.25) is 5.89 Å². The minimum Gasteiger partial charge on any atom is -0.495 e. The number of methoxy groups -OCH3 is 3. The van der Waals surface area contributed by atoms with E-state index >= 15 is 0 Å². The largest absolute Gasteiger partial charge is 0.495 e. The van der Waals surface area contributed by atoms with Crippen LogP contribution in [0.5, 0.6) is 17.2 Å². The van der Waals surface area contributed by atoms with Crippen LogP contribution in [0.25, 0.3) is 22.6 Å². The molecule has 0 unspecified atom stereocenters. The van der Waals surface area contributed by atoms with Crippen LogP contribution in [0, 0.1) is 0 Å². The van der Waals surface area contributed by atoms with Crippen LogP contribution >= 0.6 is 0 Å². The number of anilines is 1. The van der Waals surface area contributed by atoms with E-state index in [-0.39, 0.29) is 5.91 Å². The van der Waals surface area contributed by atoms with Crippen molar-refractivity contribution in [1.29, 1.82) is 0 Å². The number of rotatable bonds is 7. The lowest BCUT2D eigenvalue weighted by atomic mass is 10.0. The summed E-state index contributed by atoms with van der Waals surface area (Å²) >= 11 is 0. The number of aromatic nitrogens is 1. The van der Waals surface area contributed by atoms with Gasteiger partial charge in [0, 0.05) is 11.1 Å². The van der Waals surface area contributed by atoms with Crippen molar-refractivity contribution in [3.63, 3.8) is 0 Å². The third-order valence-electron chi connectivity index (χ3n) is 5.42. The zero-order valence-corrected chi connectivity index (χ0v) is 19.3. The van der Waals surface area contributed by atoms with E-state index in [2.05, 4.69) is 24.1 Å². The molecule has 0 aliphatic carbocycles. The highest BCUT2D eigenvalue weighted by molar-refractivity contribution is 6.05. The Kier molecular flexibility index (Phi) is 6.22. The van der Waals surface area contributed by atoms with E-state index in [4.69, 9.17) is 18.6 Å². The Balaban J connectivity index is 1.66. The monoisotopic (exact) mass is 446 g/mol. The summed E-state index contributed by atoms with van der Waals surface area (Å²) in [6, 6.07) is 16.4. The molecule has 0 saturated carbocycles. The molecule has 1 N–H and O–H groups in total. The number of ether oxygens (including phenoxy) is 3.